The van der Waals surface area contributed by atoms with Gasteiger partial charge in [0.25, 0.3) is 0 Å². The largest absolute Gasteiger partial charge is 0.494 e. The van der Waals surface area contributed by atoms with Crippen LogP contribution in [0.4, 0.5) is 0 Å². The molecule has 4 nitrogen and oxygen atoms in total. The van der Waals surface area contributed by atoms with E-state index in [2.05, 4.69) is 60.2 Å². The van der Waals surface area contributed by atoms with Crippen molar-refractivity contribution in [3.8, 4) is 11.8 Å². The van der Waals surface area contributed by atoms with Crippen molar-refractivity contribution in [2.75, 3.05) is 6.61 Å². The molecule has 0 amide bonds. The summed E-state index contributed by atoms with van der Waals surface area (Å²) in [5.74, 6) is 1.42. The van der Waals surface area contributed by atoms with Gasteiger partial charge in [-0.1, -0.05) is 42.5 Å². The molecule has 1 N–H and O–H groups in total. The molecule has 4 rings (SSSR count). The fourth-order valence-electron chi connectivity index (χ4n) is 3.49. The Morgan fingerprint density at radius 1 is 1.03 bits per heavy atom. The van der Waals surface area contributed by atoms with E-state index in [4.69, 9.17) is 4.74 Å². The van der Waals surface area contributed by atoms with Crippen molar-refractivity contribution in [1.82, 2.24) is 9.97 Å². The number of allylic oxidation sites excluding steroid dienone is 1. The summed E-state index contributed by atoms with van der Waals surface area (Å²) in [6.07, 6.45) is 3.82. The van der Waals surface area contributed by atoms with Gasteiger partial charge in [-0.15, -0.1) is 0 Å². The van der Waals surface area contributed by atoms with Crippen molar-refractivity contribution >= 4 is 22.7 Å². The third kappa shape index (κ3) is 5.02. The smallest absolute Gasteiger partial charge is 0.149 e. The Hall–Kier alpha value is -3.84. The number of nitrogens with zero attached hydrogens (tertiary/aromatic N) is 2. The van der Waals surface area contributed by atoms with Gasteiger partial charge in [0.15, 0.2) is 0 Å². The van der Waals surface area contributed by atoms with Crippen LogP contribution in [-0.2, 0) is 6.42 Å². The number of nitriles is 1. The summed E-state index contributed by atoms with van der Waals surface area (Å²) in [5, 5.41) is 9.66. The van der Waals surface area contributed by atoms with Crippen LogP contribution >= 0.6 is 0 Å². The van der Waals surface area contributed by atoms with Crippen molar-refractivity contribution < 1.29 is 4.74 Å². The zero-order chi connectivity index (χ0) is 21.6. The van der Waals surface area contributed by atoms with Crippen LogP contribution in [0.3, 0.4) is 0 Å². The van der Waals surface area contributed by atoms with Gasteiger partial charge in [-0.2, -0.15) is 5.26 Å². The molecule has 0 radical (unpaired) electrons. The molecule has 0 fully saturated rings. The molecule has 31 heavy (non-hydrogen) atoms. The number of hydrogen-bond donors (Lipinski definition) is 1. The number of aryl methyl sites for hydroxylation is 3. The lowest BCUT2D eigenvalue weighted by molar-refractivity contribution is 0.311. The van der Waals surface area contributed by atoms with Gasteiger partial charge < -0.3 is 9.72 Å². The Morgan fingerprint density at radius 3 is 2.52 bits per heavy atom. The Kier molecular flexibility index (Phi) is 6.14. The van der Waals surface area contributed by atoms with E-state index in [0.717, 1.165) is 35.2 Å². The normalized spacial score (nSPS) is 11.5. The molecule has 0 spiro atoms. The molecule has 4 heteroatoms. The zero-order valence-corrected chi connectivity index (χ0v) is 17.9. The molecule has 0 aliphatic rings. The van der Waals surface area contributed by atoms with Gasteiger partial charge in [0.05, 0.1) is 23.2 Å². The predicted octanol–water partition coefficient (Wildman–Crippen LogP) is 6.26. The van der Waals surface area contributed by atoms with Gasteiger partial charge >= 0.3 is 0 Å². The summed E-state index contributed by atoms with van der Waals surface area (Å²) in [7, 11) is 0. The van der Waals surface area contributed by atoms with E-state index in [1.165, 1.54) is 16.7 Å². The fourth-order valence-corrected chi connectivity index (χ4v) is 3.49. The zero-order valence-electron chi connectivity index (χ0n) is 17.9. The van der Waals surface area contributed by atoms with Gasteiger partial charge in [0.2, 0.25) is 0 Å². The lowest BCUT2D eigenvalue weighted by atomic mass is 10.1. The van der Waals surface area contributed by atoms with E-state index in [0.29, 0.717) is 18.0 Å². The predicted molar refractivity (Wildman–Crippen MR) is 126 cm³/mol. The summed E-state index contributed by atoms with van der Waals surface area (Å²) in [6.45, 7) is 4.81. The molecule has 4 aromatic rings. The summed E-state index contributed by atoms with van der Waals surface area (Å²) >= 11 is 0. The highest BCUT2D eigenvalue weighted by Crippen LogP contribution is 2.23. The number of hydrogen-bond acceptors (Lipinski definition) is 3. The Morgan fingerprint density at radius 2 is 1.77 bits per heavy atom. The standard InChI is InChI=1S/C27H25N3O/c1-19-15-25-26(16-20(19)2)30-27(29-25)23(18-28)17-22-10-12-24(13-11-22)31-14-6-9-21-7-4-3-5-8-21/h3-5,7-8,10-13,15-17H,6,9,14H2,1-2H3,(H,29,30)/b23-17-. The molecule has 0 unspecified atom stereocenters. The Labute approximate surface area is 182 Å². The Balaban J connectivity index is 1.41. The van der Waals surface area contributed by atoms with Gasteiger partial charge in [-0.05, 0) is 79.3 Å². The van der Waals surface area contributed by atoms with Crippen molar-refractivity contribution in [2.45, 2.75) is 26.7 Å². The minimum Gasteiger partial charge on any atom is -0.494 e. The lowest BCUT2D eigenvalue weighted by Crippen LogP contribution is -1.99. The van der Waals surface area contributed by atoms with Crippen molar-refractivity contribution in [3.05, 3.63) is 94.8 Å². The second kappa shape index (κ2) is 9.32. The second-order valence-corrected chi connectivity index (χ2v) is 7.72. The SMILES string of the molecule is Cc1cc2nc(/C(C#N)=C\c3ccc(OCCCc4ccccc4)cc3)[nH]c2cc1C. The number of ether oxygens (including phenoxy) is 1. The molecule has 0 saturated heterocycles. The maximum absolute atomic E-state index is 9.66. The Bertz CT molecular complexity index is 1210. The molecule has 3 aromatic carbocycles. The van der Waals surface area contributed by atoms with Crippen LogP contribution in [0.15, 0.2) is 66.7 Å². The first-order chi connectivity index (χ1) is 15.1. The first-order valence-corrected chi connectivity index (χ1v) is 10.5. The number of benzene rings is 3. The quantitative estimate of drug-likeness (QED) is 0.291. The maximum Gasteiger partial charge on any atom is 0.149 e. The number of nitrogens with one attached hydrogen (secondary N) is 1. The molecule has 0 saturated carbocycles. The van der Waals surface area contributed by atoms with E-state index in [1.54, 1.807) is 0 Å². The number of rotatable bonds is 7. The van der Waals surface area contributed by atoms with Crippen LogP contribution in [-0.4, -0.2) is 16.6 Å². The van der Waals surface area contributed by atoms with Crippen molar-refractivity contribution in [1.29, 1.82) is 5.26 Å². The summed E-state index contributed by atoms with van der Waals surface area (Å²) < 4.78 is 5.86. The third-order valence-electron chi connectivity index (χ3n) is 5.39. The number of aromatic nitrogens is 2. The summed E-state index contributed by atoms with van der Waals surface area (Å²) in [4.78, 5) is 7.87. The first kappa shape index (κ1) is 20.4. The van der Waals surface area contributed by atoms with Gasteiger partial charge in [0, 0.05) is 0 Å². The number of aromatic amines is 1. The average molecular weight is 408 g/mol. The summed E-state index contributed by atoms with van der Waals surface area (Å²) in [5.41, 5.74) is 6.96. The minimum absolute atomic E-state index is 0.503. The van der Waals surface area contributed by atoms with Gasteiger partial charge in [0.1, 0.15) is 17.6 Å². The lowest BCUT2D eigenvalue weighted by Gasteiger charge is -2.06. The molecule has 154 valence electrons. The highest BCUT2D eigenvalue weighted by Gasteiger charge is 2.09. The highest BCUT2D eigenvalue weighted by atomic mass is 16.5. The van der Waals surface area contributed by atoms with Gasteiger partial charge in [-0.25, -0.2) is 4.98 Å². The van der Waals surface area contributed by atoms with E-state index in [-0.39, 0.29) is 0 Å². The van der Waals surface area contributed by atoms with Gasteiger partial charge in [-0.3, -0.25) is 0 Å². The summed E-state index contributed by atoms with van der Waals surface area (Å²) in [6, 6.07) is 24.6. The van der Waals surface area contributed by atoms with E-state index < -0.39 is 0 Å². The van der Waals surface area contributed by atoms with Crippen molar-refractivity contribution in [2.24, 2.45) is 0 Å². The van der Waals surface area contributed by atoms with E-state index in [1.807, 2.05) is 42.5 Å². The molecule has 0 aliphatic carbocycles. The van der Waals surface area contributed by atoms with E-state index in [9.17, 15) is 5.26 Å². The van der Waals surface area contributed by atoms with Crippen LogP contribution in [0.25, 0.3) is 22.7 Å². The minimum atomic E-state index is 0.503. The average Bonchev–Trinajstić information content (AvgIpc) is 3.19. The van der Waals surface area contributed by atoms with Crippen LogP contribution < -0.4 is 4.74 Å². The molecule has 0 aliphatic heterocycles. The second-order valence-electron chi connectivity index (χ2n) is 7.72. The molecule has 0 bridgehead atoms. The number of imidazole rings is 1. The van der Waals surface area contributed by atoms with Crippen molar-refractivity contribution in [3.63, 3.8) is 0 Å². The molecule has 1 heterocycles. The molecule has 1 aromatic heterocycles. The fraction of sp³-hybridized carbons (Fsp3) is 0.185. The van der Waals surface area contributed by atoms with Crippen LogP contribution in [0.5, 0.6) is 5.75 Å². The van der Waals surface area contributed by atoms with Crippen LogP contribution in [0.2, 0.25) is 0 Å². The molecule has 0 atom stereocenters. The topological polar surface area (TPSA) is 61.7 Å². The number of fused-ring (bicyclic) bond motifs is 1. The van der Waals surface area contributed by atoms with Crippen LogP contribution in [0, 0.1) is 25.2 Å². The van der Waals surface area contributed by atoms with Crippen LogP contribution in [0.1, 0.15) is 34.5 Å². The maximum atomic E-state index is 9.66. The highest BCUT2D eigenvalue weighted by molar-refractivity contribution is 5.90. The third-order valence-corrected chi connectivity index (χ3v) is 5.39. The molecular weight excluding hydrogens is 382 g/mol. The van der Waals surface area contributed by atoms with E-state index >= 15 is 0 Å². The monoisotopic (exact) mass is 407 g/mol. The molecular formula is C27H25N3O. The number of H-pyrrole nitrogens is 1. The first-order valence-electron chi connectivity index (χ1n) is 10.5.